The number of carbonyl (C=O) groups is 3. The second-order valence-corrected chi connectivity index (χ2v) is 4.85. The van der Waals surface area contributed by atoms with Crippen LogP contribution in [0.4, 0.5) is 39.5 Å². The normalized spacial score (nSPS) is 13.0. The Morgan fingerprint density at radius 1 is 0.516 bits per heavy atom. The van der Waals surface area contributed by atoms with Crippen molar-refractivity contribution in [3.8, 4) is 0 Å². The molecule has 6 nitrogen and oxygen atoms in total. The molecule has 0 aromatic rings. The SMILES string of the molecule is CC(=O)/C=C(\[O-])C(F)(F)F.CC(=O)/C=C(\[O-])C(F)(F)F.CC(=O)/C=C(\[O-])C(F)(F)F.[Nd+3]. The second-order valence-electron chi connectivity index (χ2n) is 4.85. The molecule has 31 heavy (non-hydrogen) atoms. The number of rotatable bonds is 3. The van der Waals surface area contributed by atoms with Gasteiger partial charge in [0.05, 0.1) is 0 Å². The van der Waals surface area contributed by atoms with E-state index < -0.39 is 53.2 Å². The van der Waals surface area contributed by atoms with Gasteiger partial charge in [-0.15, -0.1) is 0 Å². The summed E-state index contributed by atoms with van der Waals surface area (Å²) in [5.41, 5.74) is 0. The van der Waals surface area contributed by atoms with Gasteiger partial charge in [-0.25, -0.2) is 0 Å². The molecule has 0 aromatic heterocycles. The second kappa shape index (κ2) is 15.2. The van der Waals surface area contributed by atoms with E-state index in [2.05, 4.69) is 0 Å². The molecule has 0 fully saturated rings. The first-order valence-corrected chi connectivity index (χ1v) is 6.91. The Balaban J connectivity index is -0.000000174. The molecule has 0 aliphatic heterocycles. The van der Waals surface area contributed by atoms with Gasteiger partial charge in [0.25, 0.3) is 0 Å². The first-order chi connectivity index (χ1) is 13.0. The summed E-state index contributed by atoms with van der Waals surface area (Å²) in [7, 11) is 0. The molecule has 0 aromatic carbocycles. The Morgan fingerprint density at radius 3 is 0.677 bits per heavy atom. The van der Waals surface area contributed by atoms with Crippen LogP contribution in [-0.2, 0) is 14.4 Å². The average molecular weight is 603 g/mol. The number of carbonyl (C=O) groups excluding carboxylic acids is 3. The van der Waals surface area contributed by atoms with E-state index in [9.17, 15) is 69.2 Å². The third kappa shape index (κ3) is 24.5. The largest absolute Gasteiger partial charge is 3.00 e. The maximum Gasteiger partial charge on any atom is 3.00 e. The molecule has 0 saturated heterocycles. The number of alkyl halides is 9. The molecule has 0 spiro atoms. The van der Waals surface area contributed by atoms with E-state index >= 15 is 0 Å². The van der Waals surface area contributed by atoms with Crippen LogP contribution in [0.1, 0.15) is 20.8 Å². The first-order valence-electron chi connectivity index (χ1n) is 6.91. The molecular weight excluding hydrogens is 591 g/mol. The van der Waals surface area contributed by atoms with Gasteiger partial charge in [-0.05, 0) is 56.3 Å². The fourth-order valence-corrected chi connectivity index (χ4v) is 0.799. The van der Waals surface area contributed by atoms with Crippen molar-refractivity contribution < 1.29 is 110 Å². The smallest absolute Gasteiger partial charge is 0.869 e. The summed E-state index contributed by atoms with van der Waals surface area (Å²) < 4.78 is 101. The van der Waals surface area contributed by atoms with Gasteiger partial charge >= 0.3 is 59.4 Å². The zero-order valence-electron chi connectivity index (χ0n) is 15.6. The summed E-state index contributed by atoms with van der Waals surface area (Å²) in [6, 6.07) is 0. The molecule has 1 radical (unpaired) electrons. The molecule has 0 amide bonds. The Morgan fingerprint density at radius 2 is 0.645 bits per heavy atom. The van der Waals surface area contributed by atoms with E-state index in [1.54, 1.807) is 0 Å². The van der Waals surface area contributed by atoms with Crippen LogP contribution >= 0.6 is 0 Å². The van der Waals surface area contributed by atoms with E-state index in [0.29, 0.717) is 0 Å². The molecule has 0 N–H and O–H groups in total. The predicted octanol–water partition coefficient (Wildman–Crippen LogP) is 1.15. The third-order valence-corrected chi connectivity index (χ3v) is 1.84. The quantitative estimate of drug-likeness (QED) is 0.271. The Labute approximate surface area is 201 Å². The van der Waals surface area contributed by atoms with Gasteiger partial charge in [-0.3, -0.25) is 14.4 Å². The first kappa shape index (κ1) is 36.7. The molecule has 0 aliphatic rings. The van der Waals surface area contributed by atoms with Crippen LogP contribution in [0.2, 0.25) is 0 Å². The molecule has 0 aliphatic carbocycles. The molecule has 0 bridgehead atoms. The summed E-state index contributed by atoms with van der Waals surface area (Å²) in [5.74, 6) is -9.04. The maximum atomic E-state index is 11.3. The molecule has 0 saturated carbocycles. The number of ketones is 3. The molecule has 175 valence electrons. The van der Waals surface area contributed by atoms with E-state index in [4.69, 9.17) is 0 Å². The minimum atomic E-state index is -4.92. The topological polar surface area (TPSA) is 120 Å². The van der Waals surface area contributed by atoms with E-state index in [0.717, 1.165) is 20.8 Å². The third-order valence-electron chi connectivity index (χ3n) is 1.84. The van der Waals surface area contributed by atoms with Crippen LogP contribution in [-0.4, -0.2) is 35.9 Å². The van der Waals surface area contributed by atoms with Gasteiger partial charge in [-0.2, -0.15) is 39.5 Å². The van der Waals surface area contributed by atoms with Crippen LogP contribution in [0.5, 0.6) is 0 Å². The van der Waals surface area contributed by atoms with Crippen molar-refractivity contribution in [3.05, 3.63) is 35.5 Å². The maximum absolute atomic E-state index is 11.3. The summed E-state index contributed by atoms with van der Waals surface area (Å²) in [5, 5.41) is 29.6. The van der Waals surface area contributed by atoms with Crippen LogP contribution < -0.4 is 15.3 Å². The minimum absolute atomic E-state index is 0. The van der Waals surface area contributed by atoms with Crippen LogP contribution in [0.25, 0.3) is 0 Å². The van der Waals surface area contributed by atoms with E-state index in [1.807, 2.05) is 0 Å². The Hall–Kier alpha value is -1.65. The van der Waals surface area contributed by atoms with E-state index in [-0.39, 0.29) is 59.1 Å². The fraction of sp³-hybridized carbons (Fsp3) is 0.400. The number of allylic oxidation sites excluding steroid dienone is 6. The number of hydrogen-bond acceptors (Lipinski definition) is 6. The van der Waals surface area contributed by atoms with Crippen molar-refractivity contribution in [1.82, 2.24) is 0 Å². The minimum Gasteiger partial charge on any atom is -0.869 e. The van der Waals surface area contributed by atoms with Gasteiger partial charge in [-0.1, -0.05) is 0 Å². The molecule has 0 unspecified atom stereocenters. The predicted molar refractivity (Wildman–Crippen MR) is 74.5 cm³/mol. The summed E-state index contributed by atoms with van der Waals surface area (Å²) in [4.78, 5) is 29.8. The van der Waals surface area contributed by atoms with Crippen molar-refractivity contribution >= 4 is 17.3 Å². The van der Waals surface area contributed by atoms with Crippen LogP contribution in [0.3, 0.4) is 0 Å². The summed E-state index contributed by atoms with van der Waals surface area (Å²) in [6.07, 6.45) is -14.7. The average Bonchev–Trinajstić information content (AvgIpc) is 2.43. The zero-order valence-corrected chi connectivity index (χ0v) is 18.8. The standard InChI is InChI=1S/3C5H5F3O2.Nd/c3*1-3(9)2-4(10)5(6,7)8;/h3*2,10H,1H3;/q;;;+3/p-3/b3*4-2-;. The zero-order chi connectivity index (χ0) is 25.1. The van der Waals surface area contributed by atoms with Crippen molar-refractivity contribution in [3.63, 3.8) is 0 Å². The van der Waals surface area contributed by atoms with Gasteiger partial charge in [0, 0.05) is 0 Å². The monoisotopic (exact) mass is 601 g/mol. The summed E-state index contributed by atoms with van der Waals surface area (Å²) in [6.45, 7) is 2.64. The van der Waals surface area contributed by atoms with E-state index in [1.165, 1.54) is 0 Å². The Kier molecular flexibility index (Phi) is 18.0. The van der Waals surface area contributed by atoms with Gasteiger partial charge in [0.2, 0.25) is 0 Å². The number of halogens is 9. The van der Waals surface area contributed by atoms with Crippen molar-refractivity contribution in [2.45, 2.75) is 39.3 Å². The van der Waals surface area contributed by atoms with Gasteiger partial charge in [0.1, 0.15) is 0 Å². The fourth-order valence-electron chi connectivity index (χ4n) is 0.799. The molecule has 0 heterocycles. The van der Waals surface area contributed by atoms with Crippen LogP contribution in [0.15, 0.2) is 35.5 Å². The van der Waals surface area contributed by atoms with Gasteiger partial charge in [0.15, 0.2) is 17.3 Å². The molecular formula is C15H12F9NdO6. The van der Waals surface area contributed by atoms with Gasteiger partial charge < -0.3 is 15.3 Å². The van der Waals surface area contributed by atoms with Crippen LogP contribution in [0, 0.1) is 40.8 Å². The van der Waals surface area contributed by atoms with Crippen molar-refractivity contribution in [1.29, 1.82) is 0 Å². The van der Waals surface area contributed by atoms with Crippen molar-refractivity contribution in [2.75, 3.05) is 0 Å². The molecule has 16 heteroatoms. The van der Waals surface area contributed by atoms with Crippen molar-refractivity contribution in [2.24, 2.45) is 0 Å². The Bertz CT molecular complexity index is 606. The summed E-state index contributed by atoms with van der Waals surface area (Å²) >= 11 is 0. The molecule has 0 atom stereocenters. The number of hydrogen-bond donors (Lipinski definition) is 0. The molecule has 0 rings (SSSR count).